The number of hydrogen-bond acceptors (Lipinski definition) is 6. The lowest BCUT2D eigenvalue weighted by atomic mass is 9.96. The molecule has 0 saturated heterocycles. The maximum Gasteiger partial charge on any atom is 0.360 e. The first-order chi connectivity index (χ1) is 16.4. The number of nitrogens with two attached hydrogens (primary N) is 1. The summed E-state index contributed by atoms with van der Waals surface area (Å²) in [5, 5.41) is 10.3. The van der Waals surface area contributed by atoms with E-state index in [9.17, 15) is 19.5 Å². The van der Waals surface area contributed by atoms with Crippen LogP contribution in [0.25, 0.3) is 0 Å². The molecule has 0 fully saturated rings. The fourth-order valence-electron chi connectivity index (χ4n) is 3.99. The van der Waals surface area contributed by atoms with Crippen LogP contribution in [0.15, 0.2) is 60.7 Å². The second-order valence-corrected chi connectivity index (χ2v) is 7.96. The second-order valence-electron chi connectivity index (χ2n) is 7.96. The van der Waals surface area contributed by atoms with E-state index in [4.69, 9.17) is 15.2 Å². The topological polar surface area (TPSA) is 119 Å². The van der Waals surface area contributed by atoms with Crippen molar-refractivity contribution >= 4 is 17.8 Å². The number of carbonyl (C=O) groups excluding carboxylic acids is 2. The molecule has 1 unspecified atom stereocenters. The first-order valence-electron chi connectivity index (χ1n) is 11.4. The van der Waals surface area contributed by atoms with Crippen molar-refractivity contribution in [3.8, 4) is 0 Å². The molecule has 0 spiro atoms. The van der Waals surface area contributed by atoms with Gasteiger partial charge in [-0.25, -0.2) is 9.69 Å². The Morgan fingerprint density at radius 2 is 1.38 bits per heavy atom. The Balaban J connectivity index is 2.40. The summed E-state index contributed by atoms with van der Waals surface area (Å²) in [7, 11) is 2.50. The van der Waals surface area contributed by atoms with E-state index >= 15 is 0 Å². The number of carboxylic acids is 1. The average molecular weight is 471 g/mol. The smallest absolute Gasteiger partial charge is 0.360 e. The summed E-state index contributed by atoms with van der Waals surface area (Å²) in [6.07, 6.45) is 0.103. The van der Waals surface area contributed by atoms with Crippen LogP contribution >= 0.6 is 0 Å². The Morgan fingerprint density at radius 3 is 1.74 bits per heavy atom. The van der Waals surface area contributed by atoms with Crippen LogP contribution in [0.3, 0.4) is 0 Å². The third kappa shape index (κ3) is 6.72. The zero-order valence-corrected chi connectivity index (χ0v) is 19.8. The van der Waals surface area contributed by atoms with Crippen LogP contribution < -0.4 is 5.73 Å². The lowest BCUT2D eigenvalue weighted by Gasteiger charge is -2.42. The van der Waals surface area contributed by atoms with Crippen LogP contribution in [-0.4, -0.2) is 60.4 Å². The molecule has 0 radical (unpaired) electrons. The highest BCUT2D eigenvalue weighted by molar-refractivity contribution is 6.01. The molecule has 2 atom stereocenters. The Labute approximate surface area is 200 Å². The van der Waals surface area contributed by atoms with Gasteiger partial charge in [-0.2, -0.15) is 0 Å². The summed E-state index contributed by atoms with van der Waals surface area (Å²) in [4.78, 5) is 40.3. The van der Waals surface area contributed by atoms with E-state index in [1.165, 1.54) is 14.2 Å². The van der Waals surface area contributed by atoms with Gasteiger partial charge in [0.15, 0.2) is 0 Å². The van der Waals surface area contributed by atoms with E-state index < -0.39 is 29.6 Å². The van der Waals surface area contributed by atoms with E-state index in [0.717, 1.165) is 16.0 Å². The number of hydrogen-bond donors (Lipinski definition) is 2. The molecule has 2 amide bonds. The third-order valence-corrected chi connectivity index (χ3v) is 5.78. The summed E-state index contributed by atoms with van der Waals surface area (Å²) in [6, 6.07) is 18.6. The Kier molecular flexibility index (Phi) is 10.9. The minimum absolute atomic E-state index is 0.0627. The first-order valence-corrected chi connectivity index (χ1v) is 11.4. The second kappa shape index (κ2) is 13.6. The number of aryl methyl sites for hydroxylation is 2. The number of aliphatic carboxylic acids is 1. The van der Waals surface area contributed by atoms with Crippen molar-refractivity contribution in [1.29, 1.82) is 0 Å². The van der Waals surface area contributed by atoms with Crippen molar-refractivity contribution in [2.24, 2.45) is 5.73 Å². The van der Waals surface area contributed by atoms with E-state index in [1.807, 2.05) is 60.7 Å². The lowest BCUT2D eigenvalue weighted by molar-refractivity contribution is -0.225. The molecule has 2 aromatic carbocycles. The molecule has 0 aromatic heterocycles. The number of carbonyl (C=O) groups is 3. The molecule has 0 aliphatic rings. The van der Waals surface area contributed by atoms with Crippen molar-refractivity contribution < 1.29 is 29.0 Å². The number of nitrogens with zero attached hydrogens (tertiary/aromatic N) is 1. The summed E-state index contributed by atoms with van der Waals surface area (Å²) in [5.74, 6) is -2.75. The van der Waals surface area contributed by atoms with E-state index in [2.05, 4.69) is 0 Å². The summed E-state index contributed by atoms with van der Waals surface area (Å²) in [6.45, 7) is 0.295. The zero-order valence-electron chi connectivity index (χ0n) is 19.8. The number of carboxylic acid groups (broad SMARTS) is 1. The molecule has 184 valence electrons. The van der Waals surface area contributed by atoms with Gasteiger partial charge < -0.3 is 20.3 Å². The van der Waals surface area contributed by atoms with Crippen LogP contribution in [0.5, 0.6) is 0 Å². The van der Waals surface area contributed by atoms with Crippen molar-refractivity contribution in [3.05, 3.63) is 71.8 Å². The molecular formula is C26H34N2O6. The zero-order chi connectivity index (χ0) is 25.0. The van der Waals surface area contributed by atoms with Gasteiger partial charge in [-0.3, -0.25) is 9.59 Å². The van der Waals surface area contributed by atoms with Crippen molar-refractivity contribution in [2.45, 2.75) is 50.4 Å². The number of methoxy groups -OCH3 is 2. The van der Waals surface area contributed by atoms with E-state index in [-0.39, 0.29) is 19.3 Å². The van der Waals surface area contributed by atoms with Gasteiger partial charge in [0.05, 0.1) is 0 Å². The van der Waals surface area contributed by atoms with Crippen LogP contribution in [0.4, 0.5) is 0 Å². The summed E-state index contributed by atoms with van der Waals surface area (Å²) < 4.78 is 10.9. The molecular weight excluding hydrogens is 436 g/mol. The fourth-order valence-corrected chi connectivity index (χ4v) is 3.99. The maximum atomic E-state index is 13.5. The summed E-state index contributed by atoms with van der Waals surface area (Å²) in [5.41, 5.74) is 5.11. The van der Waals surface area contributed by atoms with Crippen LogP contribution in [0, 0.1) is 0 Å². The van der Waals surface area contributed by atoms with Gasteiger partial charge in [-0.15, -0.1) is 0 Å². The molecule has 2 aromatic rings. The molecule has 34 heavy (non-hydrogen) atoms. The predicted molar refractivity (Wildman–Crippen MR) is 128 cm³/mol. The highest BCUT2D eigenvalue weighted by Gasteiger charge is 2.56. The SMILES string of the molecule is COC(CCCN)[C@@](OC)(C(=O)O)N(C(=O)CCc1ccccc1)C(=O)CCc1ccccc1. The molecule has 2 rings (SSSR count). The number of rotatable bonds is 14. The highest BCUT2D eigenvalue weighted by Crippen LogP contribution is 2.30. The minimum Gasteiger partial charge on any atom is -0.478 e. The fraction of sp³-hybridized carbons (Fsp3) is 0.423. The highest BCUT2D eigenvalue weighted by atomic mass is 16.6. The van der Waals surface area contributed by atoms with Gasteiger partial charge >= 0.3 is 5.97 Å². The number of benzene rings is 2. The van der Waals surface area contributed by atoms with Crippen LogP contribution in [-0.2, 0) is 36.7 Å². The standard InChI is InChI=1S/C26H34N2O6/c1-33-22(14-9-19-27)26(34-2,25(31)32)28(23(29)17-15-20-10-5-3-6-11-20)24(30)18-16-21-12-7-4-8-13-21/h3-8,10-13,22H,9,14-19,27H2,1-2H3,(H,31,32)/t22?,26-/m1/s1. The first kappa shape index (κ1) is 27.2. The summed E-state index contributed by atoms with van der Waals surface area (Å²) >= 11 is 0. The molecule has 0 aliphatic heterocycles. The quantitative estimate of drug-likeness (QED) is 0.408. The molecule has 0 saturated carbocycles. The molecule has 0 bridgehead atoms. The van der Waals surface area contributed by atoms with Gasteiger partial charge in [0.2, 0.25) is 11.8 Å². The molecule has 8 nitrogen and oxygen atoms in total. The van der Waals surface area contributed by atoms with Gasteiger partial charge in [-0.1, -0.05) is 60.7 Å². The number of amides is 2. The lowest BCUT2D eigenvalue weighted by Crippen LogP contribution is -2.67. The van der Waals surface area contributed by atoms with Crippen molar-refractivity contribution in [2.75, 3.05) is 20.8 Å². The normalized spacial score (nSPS) is 13.6. The Morgan fingerprint density at radius 1 is 0.912 bits per heavy atom. The Hall–Kier alpha value is -3.07. The Bertz CT molecular complexity index is 866. The predicted octanol–water partition coefficient (Wildman–Crippen LogP) is 2.79. The van der Waals surface area contributed by atoms with Gasteiger partial charge in [0, 0.05) is 27.1 Å². The molecule has 8 heteroatoms. The van der Waals surface area contributed by atoms with Gasteiger partial charge in [-0.05, 0) is 43.4 Å². The molecule has 0 heterocycles. The third-order valence-electron chi connectivity index (χ3n) is 5.78. The monoisotopic (exact) mass is 470 g/mol. The molecule has 3 N–H and O–H groups in total. The number of ether oxygens (including phenoxy) is 2. The van der Waals surface area contributed by atoms with Crippen molar-refractivity contribution in [1.82, 2.24) is 4.90 Å². The largest absolute Gasteiger partial charge is 0.478 e. The average Bonchev–Trinajstić information content (AvgIpc) is 2.86. The number of imide groups is 1. The molecule has 0 aliphatic carbocycles. The van der Waals surface area contributed by atoms with Crippen LogP contribution in [0.1, 0.15) is 36.8 Å². The maximum absolute atomic E-state index is 13.5. The van der Waals surface area contributed by atoms with Crippen LogP contribution in [0.2, 0.25) is 0 Å². The van der Waals surface area contributed by atoms with Gasteiger partial charge in [0.25, 0.3) is 5.72 Å². The van der Waals surface area contributed by atoms with Crippen molar-refractivity contribution in [3.63, 3.8) is 0 Å². The van der Waals surface area contributed by atoms with E-state index in [0.29, 0.717) is 25.8 Å². The van der Waals surface area contributed by atoms with E-state index in [1.54, 1.807) is 0 Å². The van der Waals surface area contributed by atoms with Gasteiger partial charge in [0.1, 0.15) is 6.10 Å². The minimum atomic E-state index is -2.31.